The van der Waals surface area contributed by atoms with Crippen LogP contribution in [0.25, 0.3) is 87.8 Å². The van der Waals surface area contributed by atoms with Crippen molar-refractivity contribution in [3.63, 3.8) is 0 Å². The van der Waals surface area contributed by atoms with Crippen molar-refractivity contribution in [1.29, 1.82) is 0 Å². The van der Waals surface area contributed by atoms with Crippen LogP contribution in [0.4, 0.5) is 22.7 Å². The zero-order valence-corrected chi connectivity index (χ0v) is 74.5. The molecule has 0 atom stereocenters. The lowest BCUT2D eigenvalue weighted by Crippen LogP contribution is -2.12. The maximum absolute atomic E-state index is 12.9. The number of nitrogens with zero attached hydrogens (tertiary/aromatic N) is 20. The normalized spacial score (nSPS) is 10.7. The molecule has 0 saturated carbocycles. The molecule has 0 fully saturated rings. The second kappa shape index (κ2) is 47.5. The Morgan fingerprint density at radius 3 is 0.859 bits per heavy atom. The molecule has 4 amide bonds. The van der Waals surface area contributed by atoms with Crippen LogP contribution in [-0.2, 0) is 54.7 Å². The van der Waals surface area contributed by atoms with E-state index in [4.69, 9.17) is 38.7 Å². The van der Waals surface area contributed by atoms with Crippen molar-refractivity contribution in [3.8, 4) is 87.8 Å². The molecule has 0 aromatic carbocycles. The number of carboxylic acid groups (broad SMARTS) is 2. The Labute approximate surface area is 748 Å². The van der Waals surface area contributed by atoms with Crippen LogP contribution < -0.4 is 21.3 Å². The lowest BCUT2D eigenvalue weighted by Gasteiger charge is -2.03. The highest BCUT2D eigenvalue weighted by atomic mass is 32.1. The average Bonchev–Trinajstić information content (AvgIpc) is 1.66. The number of carbonyl (C=O) groups is 6. The van der Waals surface area contributed by atoms with E-state index in [1.165, 1.54) is 45.3 Å². The number of amides is 4. The highest BCUT2D eigenvalue weighted by Crippen LogP contribution is 2.35. The molecule has 0 aliphatic heterocycles. The van der Waals surface area contributed by atoms with Gasteiger partial charge in [-0.3, -0.25) is 87.8 Å². The standard InChI is InChI=1S/2C21H23N7O2S.2C20H21N7O2S.2CH2O2/c2*1-4-30-10-9-28-11-16(19(27-28)15-7-5-6-8-22-15)23-20(29)17-12-31-21(24-17)18-13(2)25-26-14(18)3;2*1-3-29-9-8-27-11-16(18(26-27)15-6-4-5-7-21-15)23-19(28)17-12-30-20(24-17)14-10-22-25-13(14)2;2*2-1-3/h2*5-8,11-12H,4,9-10H2,1-3H3,(H,23,29)(H,25,26);2*4-7,10-12H,3,8-9H2,1-2H3,(H,22,25)(H,23,28);2*1H,(H,2,3). The number of hydrogen-bond donors (Lipinski definition) is 10. The summed E-state index contributed by atoms with van der Waals surface area (Å²) in [5, 5.41) is 81.9. The summed E-state index contributed by atoms with van der Waals surface area (Å²) < 4.78 is 28.7. The molecule has 128 heavy (non-hydrogen) atoms. The van der Waals surface area contributed by atoms with Gasteiger partial charge in [0.25, 0.3) is 36.6 Å². The van der Waals surface area contributed by atoms with Crippen LogP contribution in [0.3, 0.4) is 0 Å². The van der Waals surface area contributed by atoms with Gasteiger partial charge in [-0.1, -0.05) is 24.3 Å². The Morgan fingerprint density at radius 2 is 0.641 bits per heavy atom. The summed E-state index contributed by atoms with van der Waals surface area (Å²) >= 11 is 5.62. The van der Waals surface area contributed by atoms with E-state index in [1.54, 1.807) is 102 Å². The van der Waals surface area contributed by atoms with Crippen LogP contribution >= 0.6 is 45.3 Å². The summed E-state index contributed by atoms with van der Waals surface area (Å²) in [6, 6.07) is 22.3. The zero-order chi connectivity index (χ0) is 90.9. The fourth-order valence-electron chi connectivity index (χ4n) is 12.1. The molecule has 664 valence electrons. The number of nitrogens with one attached hydrogen (secondary N) is 8. The predicted octanol–water partition coefficient (Wildman–Crippen LogP) is 13.6. The minimum absolute atomic E-state index is 0.250. The molecule has 0 aliphatic carbocycles. The maximum Gasteiger partial charge on any atom is 0.290 e. The molecule has 0 unspecified atom stereocenters. The zero-order valence-electron chi connectivity index (χ0n) is 71.2. The minimum Gasteiger partial charge on any atom is -0.483 e. The summed E-state index contributed by atoms with van der Waals surface area (Å²) in [4.78, 5) is 104. The highest BCUT2D eigenvalue weighted by Gasteiger charge is 2.26. The molecule has 16 heterocycles. The number of hydrogen-bond acceptors (Lipinski definition) is 30. The summed E-state index contributed by atoms with van der Waals surface area (Å²) in [5.74, 6) is -1.22. The molecule has 10 N–H and O–H groups in total. The van der Waals surface area contributed by atoms with E-state index in [0.717, 1.165) is 76.4 Å². The van der Waals surface area contributed by atoms with E-state index in [2.05, 4.69) is 122 Å². The molecule has 0 saturated heterocycles. The second-order valence-electron chi connectivity index (χ2n) is 26.9. The fraction of sp³-hybridized carbons (Fsp3) is 0.262. The fourth-order valence-corrected chi connectivity index (χ4v) is 15.7. The van der Waals surface area contributed by atoms with Crippen molar-refractivity contribution >= 4 is 105 Å². The van der Waals surface area contributed by atoms with E-state index in [0.29, 0.717) is 170 Å². The van der Waals surface area contributed by atoms with Gasteiger partial charge in [0.1, 0.15) is 65.6 Å². The molecular weight excluding hydrogens is 1720 g/mol. The van der Waals surface area contributed by atoms with Crippen LogP contribution in [0, 0.1) is 41.5 Å². The number of carbonyl (C=O) groups excluding carboxylic acids is 4. The van der Waals surface area contributed by atoms with Crippen molar-refractivity contribution < 1.29 is 57.9 Å². The van der Waals surface area contributed by atoms with Gasteiger partial charge in [-0.25, -0.2) is 19.9 Å². The van der Waals surface area contributed by atoms with E-state index < -0.39 is 0 Å². The Hall–Kier alpha value is -14.5. The number of pyridine rings is 4. The van der Waals surface area contributed by atoms with Gasteiger partial charge in [0.15, 0.2) is 0 Å². The Morgan fingerprint density at radius 1 is 0.383 bits per heavy atom. The molecule has 40 nitrogen and oxygen atoms in total. The predicted molar refractivity (Wildman–Crippen MR) is 484 cm³/mol. The third-order valence-corrected chi connectivity index (χ3v) is 21.6. The molecular formula is C84H92N28O12S4. The summed E-state index contributed by atoms with van der Waals surface area (Å²) in [7, 11) is 0. The molecule has 0 aliphatic rings. The van der Waals surface area contributed by atoms with Gasteiger partial charge >= 0.3 is 0 Å². The number of thiazole rings is 4. The van der Waals surface area contributed by atoms with E-state index >= 15 is 0 Å². The molecule has 16 rings (SSSR count). The second-order valence-corrected chi connectivity index (χ2v) is 30.3. The van der Waals surface area contributed by atoms with E-state index in [9.17, 15) is 19.2 Å². The Bertz CT molecular complexity index is 5810. The van der Waals surface area contributed by atoms with Crippen LogP contribution in [-0.4, -0.2) is 219 Å². The molecule has 0 radical (unpaired) electrons. The Kier molecular flexibility index (Phi) is 35.0. The first-order valence-corrected chi connectivity index (χ1v) is 43.3. The van der Waals surface area contributed by atoms with Crippen molar-refractivity contribution in [2.75, 3.05) is 74.1 Å². The van der Waals surface area contributed by atoms with Crippen molar-refractivity contribution in [3.05, 3.63) is 213 Å². The smallest absolute Gasteiger partial charge is 0.290 e. The quantitative estimate of drug-likeness (QED) is 0.0138. The number of rotatable bonds is 32. The third-order valence-electron chi connectivity index (χ3n) is 18.1. The van der Waals surface area contributed by atoms with Gasteiger partial charge < -0.3 is 50.4 Å². The van der Waals surface area contributed by atoms with Gasteiger partial charge in [-0.2, -0.15) is 40.8 Å². The van der Waals surface area contributed by atoms with Gasteiger partial charge in [0, 0.05) is 120 Å². The SMILES string of the molecule is CCOCCn1cc(NC(=O)c2csc(-c3c(C)n[nH]c3C)n2)c(-c2ccccn2)n1.CCOCCn1cc(NC(=O)c2csc(-c3c(C)n[nH]c3C)n2)c(-c2ccccn2)n1.CCOCCn1cc(NC(=O)c2csc(-c3cn[nH]c3C)n2)c(-c2ccccn2)n1.CCOCCn1cc(NC(=O)c2csc(-c3cn[nH]c3C)n2)c(-c2ccccn2)n1.O=CO.O=CO. The topological polar surface area (TPSA) is 517 Å². The monoisotopic (exact) mass is 1810 g/mol. The lowest BCUT2D eigenvalue weighted by atomic mass is 10.2. The molecule has 16 aromatic heterocycles. The van der Waals surface area contributed by atoms with Crippen LogP contribution in [0.1, 0.15) is 104 Å². The number of aromatic nitrogens is 24. The first-order chi connectivity index (χ1) is 62.3. The average molecular weight is 1810 g/mol. The van der Waals surface area contributed by atoms with Crippen LogP contribution in [0.2, 0.25) is 0 Å². The van der Waals surface area contributed by atoms with Gasteiger partial charge in [-0.05, 0) is 118 Å². The maximum atomic E-state index is 12.9. The molecule has 44 heteroatoms. The van der Waals surface area contributed by atoms with E-state index in [-0.39, 0.29) is 36.6 Å². The number of aromatic amines is 4. The van der Waals surface area contributed by atoms with Gasteiger partial charge in [0.05, 0.1) is 144 Å². The Balaban J connectivity index is 0.000000162. The third kappa shape index (κ3) is 25.4. The number of H-pyrrole nitrogens is 4. The number of ether oxygens (including phenoxy) is 4. The van der Waals surface area contributed by atoms with Crippen LogP contribution in [0.5, 0.6) is 0 Å². The molecule has 16 aromatic rings. The van der Waals surface area contributed by atoms with Crippen LogP contribution in [0.15, 0.2) is 156 Å². The summed E-state index contributed by atoms with van der Waals surface area (Å²) in [6.07, 6.45) is 17.3. The number of aryl methyl sites for hydroxylation is 6. The van der Waals surface area contributed by atoms with Crippen molar-refractivity contribution in [1.82, 2.24) is 120 Å². The minimum atomic E-state index is -0.305. The van der Waals surface area contributed by atoms with Crippen molar-refractivity contribution in [2.24, 2.45) is 0 Å². The van der Waals surface area contributed by atoms with Gasteiger partial charge in [-0.15, -0.1) is 45.3 Å². The lowest BCUT2D eigenvalue weighted by molar-refractivity contribution is -0.123. The first kappa shape index (κ1) is 94.1. The van der Waals surface area contributed by atoms with Crippen molar-refractivity contribution in [2.45, 2.75) is 95.4 Å². The first-order valence-electron chi connectivity index (χ1n) is 39.8. The number of anilines is 4. The largest absolute Gasteiger partial charge is 0.483 e. The molecule has 0 spiro atoms. The van der Waals surface area contributed by atoms with Gasteiger partial charge in [0.2, 0.25) is 0 Å². The molecule has 0 bridgehead atoms. The van der Waals surface area contributed by atoms with E-state index in [1.807, 2.05) is 142 Å². The summed E-state index contributed by atoms with van der Waals surface area (Å²) in [6.45, 7) is 25.8. The summed E-state index contributed by atoms with van der Waals surface area (Å²) in [5.41, 5.74) is 17.8. The highest BCUT2D eigenvalue weighted by molar-refractivity contribution is 7.14.